The van der Waals surface area contributed by atoms with E-state index >= 15 is 0 Å². The standard InChI is InChI=1S/C15H12F3N5O2/c1-2-24-13-11-12(22-14(19)23-13)20-7-10(21-11)8-4-3-5-9(6-8)25-15(16,17)18/h3-7H,2H2,1H3,(H2,19,20,22,23). The van der Waals surface area contributed by atoms with E-state index in [0.29, 0.717) is 17.9 Å². The minimum atomic E-state index is -4.78. The van der Waals surface area contributed by atoms with Gasteiger partial charge in [-0.05, 0) is 19.1 Å². The van der Waals surface area contributed by atoms with Crippen LogP contribution in [0.1, 0.15) is 6.92 Å². The van der Waals surface area contributed by atoms with Crippen LogP contribution in [0.2, 0.25) is 0 Å². The summed E-state index contributed by atoms with van der Waals surface area (Å²) in [5.41, 5.74) is 6.77. The smallest absolute Gasteiger partial charge is 0.476 e. The number of halogens is 3. The van der Waals surface area contributed by atoms with Crippen LogP contribution in [0.3, 0.4) is 0 Å². The molecule has 0 atom stereocenters. The Morgan fingerprint density at radius 2 is 1.96 bits per heavy atom. The van der Waals surface area contributed by atoms with Gasteiger partial charge >= 0.3 is 6.36 Å². The van der Waals surface area contributed by atoms with Crippen LogP contribution in [-0.4, -0.2) is 32.9 Å². The van der Waals surface area contributed by atoms with E-state index in [1.54, 1.807) is 13.0 Å². The lowest BCUT2D eigenvalue weighted by atomic mass is 10.1. The van der Waals surface area contributed by atoms with Crippen molar-refractivity contribution < 1.29 is 22.6 Å². The highest BCUT2D eigenvalue weighted by molar-refractivity contribution is 5.79. The van der Waals surface area contributed by atoms with Gasteiger partial charge in [0.1, 0.15) is 5.75 Å². The minimum absolute atomic E-state index is 0.0152. The number of benzene rings is 1. The first-order valence-electron chi connectivity index (χ1n) is 7.15. The molecule has 0 fully saturated rings. The summed E-state index contributed by atoms with van der Waals surface area (Å²) in [7, 11) is 0. The molecule has 7 nitrogen and oxygen atoms in total. The van der Waals surface area contributed by atoms with Gasteiger partial charge in [-0.15, -0.1) is 13.2 Å². The number of fused-ring (bicyclic) bond motifs is 1. The van der Waals surface area contributed by atoms with Gasteiger partial charge in [-0.1, -0.05) is 12.1 Å². The van der Waals surface area contributed by atoms with Crippen molar-refractivity contribution in [2.75, 3.05) is 12.3 Å². The van der Waals surface area contributed by atoms with Crippen LogP contribution in [0.4, 0.5) is 19.1 Å². The van der Waals surface area contributed by atoms with E-state index in [2.05, 4.69) is 24.7 Å². The van der Waals surface area contributed by atoms with E-state index < -0.39 is 6.36 Å². The minimum Gasteiger partial charge on any atom is -0.476 e. The molecule has 0 spiro atoms. The Balaban J connectivity index is 2.06. The van der Waals surface area contributed by atoms with Gasteiger partial charge in [-0.2, -0.15) is 9.97 Å². The summed E-state index contributed by atoms with van der Waals surface area (Å²) in [4.78, 5) is 16.4. The van der Waals surface area contributed by atoms with Crippen molar-refractivity contribution in [3.8, 4) is 22.9 Å². The van der Waals surface area contributed by atoms with E-state index in [4.69, 9.17) is 10.5 Å². The Hall–Kier alpha value is -3.17. The molecule has 0 amide bonds. The lowest BCUT2D eigenvalue weighted by molar-refractivity contribution is -0.274. The highest BCUT2D eigenvalue weighted by Crippen LogP contribution is 2.28. The van der Waals surface area contributed by atoms with E-state index in [1.165, 1.54) is 24.4 Å². The molecule has 0 unspecified atom stereocenters. The molecule has 0 bridgehead atoms. The Morgan fingerprint density at radius 1 is 1.16 bits per heavy atom. The van der Waals surface area contributed by atoms with Crippen LogP contribution in [0, 0.1) is 0 Å². The van der Waals surface area contributed by atoms with Crippen LogP contribution in [0.15, 0.2) is 30.5 Å². The molecule has 0 aliphatic rings. The predicted octanol–water partition coefficient (Wildman–Crippen LogP) is 2.97. The van der Waals surface area contributed by atoms with Gasteiger partial charge in [-0.25, -0.2) is 9.97 Å². The van der Waals surface area contributed by atoms with Crippen LogP contribution in [0.25, 0.3) is 22.4 Å². The number of nitrogen functional groups attached to an aromatic ring is 1. The van der Waals surface area contributed by atoms with Crippen LogP contribution in [0.5, 0.6) is 11.6 Å². The van der Waals surface area contributed by atoms with Gasteiger partial charge in [0.15, 0.2) is 11.2 Å². The maximum Gasteiger partial charge on any atom is 0.573 e. The molecule has 10 heteroatoms. The van der Waals surface area contributed by atoms with Crippen molar-refractivity contribution in [2.24, 2.45) is 0 Å². The third-order valence-corrected chi connectivity index (χ3v) is 3.04. The molecule has 2 heterocycles. The summed E-state index contributed by atoms with van der Waals surface area (Å²) in [6.45, 7) is 2.09. The van der Waals surface area contributed by atoms with Gasteiger partial charge in [0, 0.05) is 5.56 Å². The van der Waals surface area contributed by atoms with Crippen molar-refractivity contribution in [2.45, 2.75) is 13.3 Å². The second-order valence-electron chi connectivity index (χ2n) is 4.82. The first-order valence-corrected chi connectivity index (χ1v) is 7.15. The molecule has 2 N–H and O–H groups in total. The highest BCUT2D eigenvalue weighted by Gasteiger charge is 2.31. The lowest BCUT2D eigenvalue weighted by Crippen LogP contribution is -2.17. The van der Waals surface area contributed by atoms with Crippen molar-refractivity contribution in [1.82, 2.24) is 19.9 Å². The fraction of sp³-hybridized carbons (Fsp3) is 0.200. The lowest BCUT2D eigenvalue weighted by Gasteiger charge is -2.10. The van der Waals surface area contributed by atoms with E-state index in [9.17, 15) is 13.2 Å². The quantitative estimate of drug-likeness (QED) is 0.772. The second-order valence-corrected chi connectivity index (χ2v) is 4.82. The van der Waals surface area contributed by atoms with Gasteiger partial charge in [0.05, 0.1) is 18.5 Å². The zero-order chi connectivity index (χ0) is 18.0. The summed E-state index contributed by atoms with van der Waals surface area (Å²) < 4.78 is 46.4. The zero-order valence-corrected chi connectivity index (χ0v) is 12.9. The molecule has 1 aromatic carbocycles. The topological polar surface area (TPSA) is 96.0 Å². The molecule has 130 valence electrons. The molecule has 2 aromatic heterocycles. The SMILES string of the molecule is CCOc1nc(N)nc2ncc(-c3cccc(OC(F)(F)F)c3)nc12. The van der Waals surface area contributed by atoms with Crippen molar-refractivity contribution in [1.29, 1.82) is 0 Å². The van der Waals surface area contributed by atoms with Crippen LogP contribution in [-0.2, 0) is 0 Å². The summed E-state index contributed by atoms with van der Waals surface area (Å²) in [5, 5.41) is 0. The fourth-order valence-electron chi connectivity index (χ4n) is 2.13. The Kier molecular flexibility index (Phi) is 4.26. The van der Waals surface area contributed by atoms with E-state index in [1.807, 2.05) is 0 Å². The third-order valence-electron chi connectivity index (χ3n) is 3.04. The van der Waals surface area contributed by atoms with Crippen molar-refractivity contribution in [3.63, 3.8) is 0 Å². The summed E-state index contributed by atoms with van der Waals surface area (Å²) in [6, 6.07) is 5.41. The fourth-order valence-corrected chi connectivity index (χ4v) is 2.13. The van der Waals surface area contributed by atoms with Crippen molar-refractivity contribution in [3.05, 3.63) is 30.5 Å². The van der Waals surface area contributed by atoms with Crippen LogP contribution < -0.4 is 15.2 Å². The van der Waals surface area contributed by atoms with Crippen LogP contribution >= 0.6 is 0 Å². The van der Waals surface area contributed by atoms with E-state index in [-0.39, 0.29) is 28.7 Å². The van der Waals surface area contributed by atoms with E-state index in [0.717, 1.165) is 0 Å². The number of hydrogen-bond donors (Lipinski definition) is 1. The van der Waals surface area contributed by atoms with Crippen molar-refractivity contribution >= 4 is 17.1 Å². The number of rotatable bonds is 4. The average molecular weight is 351 g/mol. The molecule has 25 heavy (non-hydrogen) atoms. The Bertz CT molecular complexity index is 917. The highest BCUT2D eigenvalue weighted by atomic mass is 19.4. The maximum absolute atomic E-state index is 12.4. The molecule has 0 radical (unpaired) electrons. The number of alkyl halides is 3. The second kappa shape index (κ2) is 6.38. The Morgan fingerprint density at radius 3 is 2.68 bits per heavy atom. The molecular formula is C15H12F3N5O2. The first kappa shape index (κ1) is 16.7. The first-order chi connectivity index (χ1) is 11.9. The molecule has 0 aliphatic carbocycles. The average Bonchev–Trinajstić information content (AvgIpc) is 2.53. The molecule has 0 aliphatic heterocycles. The Labute approximate surface area is 139 Å². The van der Waals surface area contributed by atoms with Gasteiger partial charge in [-0.3, -0.25) is 0 Å². The zero-order valence-electron chi connectivity index (χ0n) is 12.9. The summed E-state index contributed by atoms with van der Waals surface area (Å²) in [5.74, 6) is -0.217. The number of ether oxygens (including phenoxy) is 2. The largest absolute Gasteiger partial charge is 0.573 e. The number of nitrogens with two attached hydrogens (primary N) is 1. The number of nitrogens with zero attached hydrogens (tertiary/aromatic N) is 4. The molecule has 3 rings (SSSR count). The number of hydrogen-bond acceptors (Lipinski definition) is 7. The monoisotopic (exact) mass is 351 g/mol. The summed E-state index contributed by atoms with van der Waals surface area (Å²) in [6.07, 6.45) is -3.40. The molecule has 0 saturated heterocycles. The normalized spacial score (nSPS) is 11.5. The van der Waals surface area contributed by atoms with Gasteiger partial charge < -0.3 is 15.2 Å². The maximum atomic E-state index is 12.4. The predicted molar refractivity (Wildman–Crippen MR) is 82.8 cm³/mol. The molecular weight excluding hydrogens is 339 g/mol. The summed E-state index contributed by atoms with van der Waals surface area (Å²) >= 11 is 0. The molecule has 0 saturated carbocycles. The third kappa shape index (κ3) is 3.84. The van der Waals surface area contributed by atoms with Gasteiger partial charge in [0.25, 0.3) is 0 Å². The number of aromatic nitrogens is 4. The molecule has 3 aromatic rings. The number of anilines is 1. The van der Waals surface area contributed by atoms with Gasteiger partial charge in [0.2, 0.25) is 11.8 Å².